The van der Waals surface area contributed by atoms with Gasteiger partial charge in [0.2, 0.25) is 5.88 Å². The Labute approximate surface area is 109 Å². The monoisotopic (exact) mass is 249 g/mol. The van der Waals surface area contributed by atoms with Crippen LogP contribution in [0.25, 0.3) is 0 Å². The lowest BCUT2D eigenvalue weighted by Crippen LogP contribution is -2.34. The lowest BCUT2D eigenvalue weighted by atomic mass is 9.71. The standard InChI is InChI=1S/C15H23NO2/c1-11-6-13(9-15(2,3)8-11)18-14-7-12(10-17)4-5-16-14/h4-5,7,11,13,17H,6,8-10H2,1-3H3. The molecule has 0 saturated heterocycles. The van der Waals surface area contributed by atoms with Crippen LogP contribution in [0.4, 0.5) is 0 Å². The topological polar surface area (TPSA) is 42.4 Å². The highest BCUT2D eigenvalue weighted by molar-refractivity contribution is 5.19. The average Bonchev–Trinajstić information content (AvgIpc) is 2.26. The third kappa shape index (κ3) is 3.45. The van der Waals surface area contributed by atoms with Crippen molar-refractivity contribution >= 4 is 0 Å². The van der Waals surface area contributed by atoms with Gasteiger partial charge in [0.05, 0.1) is 6.61 Å². The van der Waals surface area contributed by atoms with E-state index in [0.717, 1.165) is 18.4 Å². The van der Waals surface area contributed by atoms with Crippen LogP contribution in [-0.2, 0) is 6.61 Å². The van der Waals surface area contributed by atoms with Crippen LogP contribution in [0.1, 0.15) is 45.6 Å². The van der Waals surface area contributed by atoms with Crippen LogP contribution in [0.15, 0.2) is 18.3 Å². The highest BCUT2D eigenvalue weighted by Gasteiger charge is 2.33. The van der Waals surface area contributed by atoms with Gasteiger partial charge in [0.1, 0.15) is 6.10 Å². The van der Waals surface area contributed by atoms with Crippen LogP contribution in [0, 0.1) is 11.3 Å². The van der Waals surface area contributed by atoms with Crippen molar-refractivity contribution in [3.05, 3.63) is 23.9 Å². The van der Waals surface area contributed by atoms with Crippen molar-refractivity contribution in [1.82, 2.24) is 4.98 Å². The Morgan fingerprint density at radius 1 is 1.44 bits per heavy atom. The molecule has 18 heavy (non-hydrogen) atoms. The molecule has 100 valence electrons. The molecule has 0 spiro atoms. The van der Waals surface area contributed by atoms with Gasteiger partial charge in [-0.2, -0.15) is 0 Å². The predicted molar refractivity (Wildman–Crippen MR) is 71.4 cm³/mol. The van der Waals surface area contributed by atoms with Gasteiger partial charge in [0, 0.05) is 12.3 Å². The molecule has 3 nitrogen and oxygen atoms in total. The molecule has 1 aliphatic rings. The van der Waals surface area contributed by atoms with Gasteiger partial charge in [0.15, 0.2) is 0 Å². The second-order valence-corrected chi connectivity index (χ2v) is 6.31. The van der Waals surface area contributed by atoms with Gasteiger partial charge in [-0.25, -0.2) is 4.98 Å². The molecule has 0 aliphatic heterocycles. The fourth-order valence-electron chi connectivity index (χ4n) is 3.13. The van der Waals surface area contributed by atoms with E-state index in [-0.39, 0.29) is 12.7 Å². The van der Waals surface area contributed by atoms with Crippen LogP contribution in [0.2, 0.25) is 0 Å². The molecule has 1 fully saturated rings. The number of aromatic nitrogens is 1. The molecule has 1 N–H and O–H groups in total. The van der Waals surface area contributed by atoms with E-state index in [9.17, 15) is 0 Å². The summed E-state index contributed by atoms with van der Waals surface area (Å²) < 4.78 is 5.98. The molecular weight excluding hydrogens is 226 g/mol. The number of hydrogen-bond acceptors (Lipinski definition) is 3. The number of hydrogen-bond donors (Lipinski definition) is 1. The van der Waals surface area contributed by atoms with Crippen LogP contribution in [-0.4, -0.2) is 16.2 Å². The van der Waals surface area contributed by atoms with Crippen molar-refractivity contribution in [3.8, 4) is 5.88 Å². The fraction of sp³-hybridized carbons (Fsp3) is 0.667. The van der Waals surface area contributed by atoms with E-state index in [4.69, 9.17) is 9.84 Å². The second-order valence-electron chi connectivity index (χ2n) is 6.31. The zero-order valence-corrected chi connectivity index (χ0v) is 11.5. The van der Waals surface area contributed by atoms with Crippen LogP contribution in [0.3, 0.4) is 0 Å². The minimum atomic E-state index is 0.0332. The maximum atomic E-state index is 9.11. The van der Waals surface area contributed by atoms with Gasteiger partial charge in [-0.1, -0.05) is 20.8 Å². The molecule has 0 amide bonds. The first kappa shape index (κ1) is 13.3. The number of nitrogens with zero attached hydrogens (tertiary/aromatic N) is 1. The van der Waals surface area contributed by atoms with Crippen LogP contribution >= 0.6 is 0 Å². The number of rotatable bonds is 3. The van der Waals surface area contributed by atoms with Crippen molar-refractivity contribution in [2.24, 2.45) is 11.3 Å². The summed E-state index contributed by atoms with van der Waals surface area (Å²) >= 11 is 0. The zero-order valence-electron chi connectivity index (χ0n) is 11.5. The molecule has 2 rings (SSSR count). The highest BCUT2D eigenvalue weighted by Crippen LogP contribution is 2.39. The first-order valence-electron chi connectivity index (χ1n) is 6.71. The SMILES string of the molecule is CC1CC(Oc2cc(CO)ccn2)CC(C)(C)C1. The first-order valence-corrected chi connectivity index (χ1v) is 6.71. The molecule has 3 heteroatoms. The minimum absolute atomic E-state index is 0.0332. The fourth-order valence-corrected chi connectivity index (χ4v) is 3.13. The summed E-state index contributed by atoms with van der Waals surface area (Å²) in [5, 5.41) is 9.11. The third-order valence-corrected chi connectivity index (χ3v) is 3.62. The summed E-state index contributed by atoms with van der Waals surface area (Å²) in [6.45, 7) is 6.92. The van der Waals surface area contributed by atoms with Crippen molar-refractivity contribution in [1.29, 1.82) is 0 Å². The van der Waals surface area contributed by atoms with Crippen LogP contribution < -0.4 is 4.74 Å². The Hall–Kier alpha value is -1.09. The van der Waals surface area contributed by atoms with Crippen molar-refractivity contribution in [2.45, 2.75) is 52.7 Å². The number of aliphatic hydroxyl groups is 1. The van der Waals surface area contributed by atoms with E-state index < -0.39 is 0 Å². The van der Waals surface area contributed by atoms with E-state index in [2.05, 4.69) is 25.8 Å². The van der Waals surface area contributed by atoms with Gasteiger partial charge in [-0.15, -0.1) is 0 Å². The average molecular weight is 249 g/mol. The minimum Gasteiger partial charge on any atom is -0.474 e. The lowest BCUT2D eigenvalue weighted by Gasteiger charge is -2.38. The summed E-state index contributed by atoms with van der Waals surface area (Å²) in [5.41, 5.74) is 1.19. The van der Waals surface area contributed by atoms with Crippen LogP contribution in [0.5, 0.6) is 5.88 Å². The molecule has 1 aliphatic carbocycles. The van der Waals surface area contributed by atoms with E-state index in [1.54, 1.807) is 12.3 Å². The molecule has 0 aromatic carbocycles. The number of pyridine rings is 1. The molecule has 0 radical (unpaired) electrons. The lowest BCUT2D eigenvalue weighted by molar-refractivity contribution is 0.0531. The quantitative estimate of drug-likeness (QED) is 0.894. The Morgan fingerprint density at radius 2 is 2.22 bits per heavy atom. The molecule has 2 unspecified atom stereocenters. The second kappa shape index (κ2) is 5.27. The molecule has 1 aromatic rings. The van der Waals surface area contributed by atoms with Crippen molar-refractivity contribution in [2.75, 3.05) is 0 Å². The van der Waals surface area contributed by atoms with Gasteiger partial charge >= 0.3 is 0 Å². The van der Waals surface area contributed by atoms with Crippen molar-refractivity contribution in [3.63, 3.8) is 0 Å². The first-order chi connectivity index (χ1) is 8.48. The Bertz CT molecular complexity index is 403. The van der Waals surface area contributed by atoms with E-state index in [1.807, 2.05) is 6.07 Å². The maximum absolute atomic E-state index is 9.11. The van der Waals surface area contributed by atoms with E-state index in [1.165, 1.54) is 6.42 Å². The summed E-state index contributed by atoms with van der Waals surface area (Å²) in [7, 11) is 0. The largest absolute Gasteiger partial charge is 0.474 e. The van der Waals surface area contributed by atoms with Gasteiger partial charge < -0.3 is 9.84 Å². The highest BCUT2D eigenvalue weighted by atomic mass is 16.5. The Kier molecular flexibility index (Phi) is 3.91. The number of aliphatic hydroxyl groups excluding tert-OH is 1. The summed E-state index contributed by atoms with van der Waals surface area (Å²) in [5.74, 6) is 1.33. The molecule has 2 atom stereocenters. The summed E-state index contributed by atoms with van der Waals surface area (Å²) in [4.78, 5) is 4.22. The Morgan fingerprint density at radius 3 is 2.89 bits per heavy atom. The molecule has 0 bridgehead atoms. The van der Waals surface area contributed by atoms with Gasteiger partial charge in [-0.05, 0) is 42.2 Å². The zero-order chi connectivity index (χ0) is 13.2. The maximum Gasteiger partial charge on any atom is 0.213 e. The summed E-state index contributed by atoms with van der Waals surface area (Å²) in [6, 6.07) is 3.63. The summed E-state index contributed by atoms with van der Waals surface area (Å²) in [6.07, 6.45) is 5.36. The molecule has 1 heterocycles. The molecule has 1 saturated carbocycles. The number of ether oxygens (including phenoxy) is 1. The van der Waals surface area contributed by atoms with Crippen molar-refractivity contribution < 1.29 is 9.84 Å². The third-order valence-electron chi connectivity index (χ3n) is 3.62. The molecular formula is C15H23NO2. The van der Waals surface area contributed by atoms with Gasteiger partial charge in [0.25, 0.3) is 0 Å². The Balaban J connectivity index is 2.04. The van der Waals surface area contributed by atoms with Gasteiger partial charge in [-0.3, -0.25) is 0 Å². The normalized spacial score (nSPS) is 26.9. The smallest absolute Gasteiger partial charge is 0.213 e. The molecule has 1 aromatic heterocycles. The van der Waals surface area contributed by atoms with E-state index in [0.29, 0.717) is 17.2 Å². The predicted octanol–water partition coefficient (Wildman–Crippen LogP) is 3.17. The van der Waals surface area contributed by atoms with E-state index >= 15 is 0 Å².